The van der Waals surface area contributed by atoms with E-state index in [2.05, 4.69) is 9.97 Å². The van der Waals surface area contributed by atoms with Crippen molar-refractivity contribution in [2.45, 2.75) is 37.7 Å². The molecule has 0 spiro atoms. The van der Waals surface area contributed by atoms with Crippen molar-refractivity contribution >= 4 is 0 Å². The van der Waals surface area contributed by atoms with Crippen molar-refractivity contribution in [3.05, 3.63) is 21.9 Å². The van der Waals surface area contributed by atoms with Crippen LogP contribution >= 0.6 is 0 Å². The van der Waals surface area contributed by atoms with E-state index in [9.17, 15) is 9.90 Å². The number of aliphatic hydroxyl groups is 1. The van der Waals surface area contributed by atoms with Crippen LogP contribution in [0, 0.1) is 0 Å². The Morgan fingerprint density at radius 2 is 2.20 bits per heavy atom. The molecule has 1 fully saturated rings. The highest BCUT2D eigenvalue weighted by molar-refractivity contribution is 5.20. The number of aromatic nitrogens is 2. The topological polar surface area (TPSA) is 94.9 Å². The first-order valence-electron chi connectivity index (χ1n) is 5.42. The summed E-state index contributed by atoms with van der Waals surface area (Å²) in [7, 11) is 0. The number of aliphatic hydroxyl groups excluding tert-OH is 1. The first-order valence-corrected chi connectivity index (χ1v) is 5.42. The van der Waals surface area contributed by atoms with E-state index in [0.717, 1.165) is 18.5 Å². The fourth-order valence-electron chi connectivity index (χ4n) is 1.99. The molecule has 5 heteroatoms. The number of hydrogen-bond acceptors (Lipinski definition) is 3. The minimum absolute atomic E-state index is 0.233. The fourth-order valence-corrected chi connectivity index (χ4v) is 1.99. The van der Waals surface area contributed by atoms with Gasteiger partial charge in [-0.1, -0.05) is 6.42 Å². The molecule has 1 aromatic rings. The zero-order valence-corrected chi connectivity index (χ0v) is 8.62. The van der Waals surface area contributed by atoms with Crippen LogP contribution in [0.2, 0.25) is 0 Å². The Kier molecular flexibility index (Phi) is 2.93. The third-order valence-electron chi connectivity index (χ3n) is 3.07. The maximum atomic E-state index is 11.2. The lowest BCUT2D eigenvalue weighted by Crippen LogP contribution is -2.15. The Balaban J connectivity index is 2.24. The number of rotatable bonds is 4. The lowest BCUT2D eigenvalue weighted by atomic mass is 9.81. The molecule has 1 aromatic heterocycles. The Morgan fingerprint density at radius 3 is 2.73 bits per heavy atom. The first kappa shape index (κ1) is 10.4. The largest absolute Gasteiger partial charge is 0.387 e. The molecule has 1 saturated carbocycles. The smallest absolute Gasteiger partial charge is 0.323 e. The molecule has 2 rings (SSSR count). The lowest BCUT2D eigenvalue weighted by Gasteiger charge is -2.26. The monoisotopic (exact) mass is 211 g/mol. The molecule has 1 heterocycles. The van der Waals surface area contributed by atoms with Gasteiger partial charge in [0.25, 0.3) is 0 Å². The van der Waals surface area contributed by atoms with Crippen LogP contribution in [0.15, 0.2) is 4.79 Å². The summed E-state index contributed by atoms with van der Waals surface area (Å²) in [6.45, 7) is 0.415. The SMILES string of the molecule is NCCC(O)c1[nH]c(=O)[nH]c1C1CCC1. The molecule has 0 bridgehead atoms. The van der Waals surface area contributed by atoms with Crippen molar-refractivity contribution in [1.82, 2.24) is 9.97 Å². The predicted molar refractivity (Wildman–Crippen MR) is 56.6 cm³/mol. The summed E-state index contributed by atoms with van der Waals surface area (Å²) >= 11 is 0. The predicted octanol–water partition coefficient (Wildman–Crippen LogP) is 0.353. The van der Waals surface area contributed by atoms with Crippen molar-refractivity contribution in [2.24, 2.45) is 5.73 Å². The standard InChI is InChI=1S/C10H17N3O2/c11-5-4-7(14)9-8(6-2-1-3-6)12-10(15)13-9/h6-7,14H,1-5,11H2,(H2,12,13,15). The van der Waals surface area contributed by atoms with Crippen LogP contribution in [0.5, 0.6) is 0 Å². The van der Waals surface area contributed by atoms with Crippen LogP contribution in [0.1, 0.15) is 49.1 Å². The van der Waals surface area contributed by atoms with E-state index in [1.54, 1.807) is 0 Å². The molecule has 0 amide bonds. The fraction of sp³-hybridized carbons (Fsp3) is 0.700. The van der Waals surface area contributed by atoms with Gasteiger partial charge >= 0.3 is 5.69 Å². The second kappa shape index (κ2) is 4.20. The molecule has 1 unspecified atom stereocenters. The number of H-pyrrole nitrogens is 2. The van der Waals surface area contributed by atoms with E-state index in [1.165, 1.54) is 6.42 Å². The third-order valence-corrected chi connectivity index (χ3v) is 3.07. The van der Waals surface area contributed by atoms with Gasteiger partial charge in [-0.2, -0.15) is 0 Å². The van der Waals surface area contributed by atoms with Crippen molar-refractivity contribution < 1.29 is 5.11 Å². The lowest BCUT2D eigenvalue weighted by molar-refractivity contribution is 0.163. The van der Waals surface area contributed by atoms with Crippen molar-refractivity contribution in [3.63, 3.8) is 0 Å². The number of nitrogens with one attached hydrogen (secondary N) is 2. The average Bonchev–Trinajstić information content (AvgIpc) is 2.45. The van der Waals surface area contributed by atoms with Crippen LogP contribution < -0.4 is 11.4 Å². The maximum absolute atomic E-state index is 11.2. The van der Waals surface area contributed by atoms with Gasteiger partial charge in [0.15, 0.2) is 0 Å². The number of nitrogens with two attached hydrogens (primary N) is 1. The minimum atomic E-state index is -0.649. The average molecular weight is 211 g/mol. The maximum Gasteiger partial charge on any atom is 0.323 e. The molecule has 15 heavy (non-hydrogen) atoms. The van der Waals surface area contributed by atoms with Gasteiger partial charge in [0, 0.05) is 11.6 Å². The van der Waals surface area contributed by atoms with E-state index in [4.69, 9.17) is 5.73 Å². The summed E-state index contributed by atoms with van der Waals surface area (Å²) < 4.78 is 0. The van der Waals surface area contributed by atoms with E-state index >= 15 is 0 Å². The Bertz CT molecular complexity index is 378. The molecule has 1 atom stereocenters. The quantitative estimate of drug-likeness (QED) is 0.579. The Hall–Kier alpha value is -1.07. The first-order chi connectivity index (χ1) is 7.22. The van der Waals surface area contributed by atoms with Crippen molar-refractivity contribution in [3.8, 4) is 0 Å². The van der Waals surface area contributed by atoms with Crippen LogP contribution in [0.4, 0.5) is 0 Å². The Labute approximate surface area is 87.7 Å². The van der Waals surface area contributed by atoms with Gasteiger partial charge in [0.05, 0.1) is 11.8 Å². The summed E-state index contributed by atoms with van der Waals surface area (Å²) in [4.78, 5) is 16.6. The van der Waals surface area contributed by atoms with Gasteiger partial charge in [-0.05, 0) is 25.8 Å². The summed E-state index contributed by atoms with van der Waals surface area (Å²) in [6.07, 6.45) is 3.22. The number of aromatic amines is 2. The molecular weight excluding hydrogens is 194 g/mol. The van der Waals surface area contributed by atoms with Gasteiger partial charge in [0.1, 0.15) is 0 Å². The van der Waals surface area contributed by atoms with Crippen LogP contribution in [-0.4, -0.2) is 21.6 Å². The summed E-state index contributed by atoms with van der Waals surface area (Å²) in [5, 5.41) is 9.81. The van der Waals surface area contributed by atoms with E-state index in [0.29, 0.717) is 24.6 Å². The summed E-state index contributed by atoms with van der Waals surface area (Å²) in [5.41, 5.74) is 6.67. The number of hydrogen-bond donors (Lipinski definition) is 4. The normalized spacial score (nSPS) is 18.8. The highest BCUT2D eigenvalue weighted by atomic mass is 16.3. The van der Waals surface area contributed by atoms with Gasteiger partial charge in [-0.25, -0.2) is 4.79 Å². The molecule has 0 radical (unpaired) electrons. The van der Waals surface area contributed by atoms with Gasteiger partial charge in [-0.3, -0.25) is 0 Å². The molecule has 0 saturated heterocycles. The number of imidazole rings is 1. The van der Waals surface area contributed by atoms with Crippen molar-refractivity contribution in [2.75, 3.05) is 6.54 Å². The summed E-state index contributed by atoms with van der Waals surface area (Å²) in [6, 6.07) is 0. The van der Waals surface area contributed by atoms with E-state index < -0.39 is 6.10 Å². The molecule has 0 aliphatic heterocycles. The van der Waals surface area contributed by atoms with Crippen molar-refractivity contribution in [1.29, 1.82) is 0 Å². The zero-order chi connectivity index (χ0) is 10.8. The van der Waals surface area contributed by atoms with Crippen LogP contribution in [-0.2, 0) is 0 Å². The molecule has 0 aromatic carbocycles. The van der Waals surface area contributed by atoms with Crippen LogP contribution in [0.25, 0.3) is 0 Å². The molecule has 5 nitrogen and oxygen atoms in total. The van der Waals surface area contributed by atoms with Gasteiger partial charge < -0.3 is 20.8 Å². The van der Waals surface area contributed by atoms with Gasteiger partial charge in [0.2, 0.25) is 0 Å². The zero-order valence-electron chi connectivity index (χ0n) is 8.62. The van der Waals surface area contributed by atoms with E-state index in [1.807, 2.05) is 0 Å². The third kappa shape index (κ3) is 1.98. The molecule has 84 valence electrons. The second-order valence-corrected chi connectivity index (χ2v) is 4.13. The molecule has 1 aliphatic carbocycles. The Morgan fingerprint density at radius 1 is 1.47 bits per heavy atom. The highest BCUT2D eigenvalue weighted by Crippen LogP contribution is 2.37. The second-order valence-electron chi connectivity index (χ2n) is 4.13. The molecule has 1 aliphatic rings. The highest BCUT2D eigenvalue weighted by Gasteiger charge is 2.26. The summed E-state index contributed by atoms with van der Waals surface area (Å²) in [5.74, 6) is 0.409. The van der Waals surface area contributed by atoms with Crippen LogP contribution in [0.3, 0.4) is 0 Å². The van der Waals surface area contributed by atoms with E-state index in [-0.39, 0.29) is 5.69 Å². The minimum Gasteiger partial charge on any atom is -0.387 e. The van der Waals surface area contributed by atoms with Gasteiger partial charge in [-0.15, -0.1) is 0 Å². The molecule has 5 N–H and O–H groups in total. The molecular formula is C10H17N3O2.